The minimum Gasteiger partial charge on any atom is -0.366 e. The fourth-order valence-electron chi connectivity index (χ4n) is 4.79. The number of fused-ring (bicyclic) bond motifs is 3. The third-order valence-electron chi connectivity index (χ3n) is 7.01. The molecule has 2 amide bonds. The third-order valence-corrected chi connectivity index (χ3v) is 7.01. The van der Waals surface area contributed by atoms with Crippen molar-refractivity contribution in [3.63, 3.8) is 0 Å². The third kappa shape index (κ3) is 3.92. The van der Waals surface area contributed by atoms with E-state index in [1.54, 1.807) is 47.0 Å². The van der Waals surface area contributed by atoms with E-state index >= 15 is 4.39 Å². The summed E-state index contributed by atoms with van der Waals surface area (Å²) in [7, 11) is 3.49. The fourth-order valence-corrected chi connectivity index (χ4v) is 4.79. The number of halogens is 1. The summed E-state index contributed by atoms with van der Waals surface area (Å²) < 4.78 is 16.9. The van der Waals surface area contributed by atoms with Crippen LogP contribution in [0.15, 0.2) is 36.7 Å². The van der Waals surface area contributed by atoms with Crippen LogP contribution in [0.2, 0.25) is 0 Å². The monoisotopic (exact) mass is 500 g/mol. The van der Waals surface area contributed by atoms with Gasteiger partial charge in [0.1, 0.15) is 18.2 Å². The first-order chi connectivity index (χ1) is 17.8. The largest absolute Gasteiger partial charge is 0.366 e. The van der Waals surface area contributed by atoms with Crippen LogP contribution >= 0.6 is 0 Å². The van der Waals surface area contributed by atoms with Crippen LogP contribution in [0.25, 0.3) is 21.9 Å². The molecule has 0 bridgehead atoms. The molecular formula is C26H25FN8O2. The molecule has 2 aliphatic heterocycles. The number of aromatic nitrogens is 4. The number of pyridine rings is 2. The second-order valence-electron chi connectivity index (χ2n) is 9.48. The molecule has 2 aliphatic rings. The summed E-state index contributed by atoms with van der Waals surface area (Å²) in [5.41, 5.74) is 3.69. The highest BCUT2D eigenvalue weighted by Crippen LogP contribution is 2.35. The highest BCUT2D eigenvalue weighted by molar-refractivity contribution is 6.01. The Labute approximate surface area is 212 Å². The van der Waals surface area contributed by atoms with Crippen molar-refractivity contribution in [2.75, 3.05) is 37.9 Å². The molecule has 4 aromatic rings. The SMILES string of the molecule is Cc1c(-c2cc3cc(Nc4cc5n(n4)CC(=O)N(C)CC5)ncc3cc2F)cnc2c1NCN(C)C2=O. The van der Waals surface area contributed by atoms with E-state index in [2.05, 4.69) is 25.7 Å². The Hall–Kier alpha value is -4.54. The molecule has 10 nitrogen and oxygen atoms in total. The van der Waals surface area contributed by atoms with Crippen LogP contribution in [0, 0.1) is 12.7 Å². The molecule has 0 saturated heterocycles. The van der Waals surface area contributed by atoms with Crippen LogP contribution < -0.4 is 10.6 Å². The molecule has 0 aliphatic carbocycles. The molecule has 3 aromatic heterocycles. The zero-order valence-corrected chi connectivity index (χ0v) is 20.7. The van der Waals surface area contributed by atoms with Gasteiger partial charge < -0.3 is 20.4 Å². The number of hydrogen-bond acceptors (Lipinski definition) is 7. The van der Waals surface area contributed by atoms with Crippen LogP contribution in [0.3, 0.4) is 0 Å². The Morgan fingerprint density at radius 2 is 1.81 bits per heavy atom. The smallest absolute Gasteiger partial charge is 0.275 e. The Balaban J connectivity index is 1.34. The first kappa shape index (κ1) is 22.9. The van der Waals surface area contributed by atoms with E-state index in [4.69, 9.17) is 0 Å². The normalized spacial score (nSPS) is 15.4. The second-order valence-corrected chi connectivity index (χ2v) is 9.48. The lowest BCUT2D eigenvalue weighted by atomic mass is 9.97. The van der Waals surface area contributed by atoms with Crippen molar-refractivity contribution in [2.45, 2.75) is 19.9 Å². The van der Waals surface area contributed by atoms with Gasteiger partial charge in [-0.3, -0.25) is 14.3 Å². The minimum absolute atomic E-state index is 0.0188. The van der Waals surface area contributed by atoms with Gasteiger partial charge in [0, 0.05) is 67.7 Å². The Bertz CT molecular complexity index is 1600. The van der Waals surface area contributed by atoms with E-state index in [1.165, 1.54) is 6.07 Å². The maximum absolute atomic E-state index is 15.2. The Kier molecular flexibility index (Phi) is 5.28. The van der Waals surface area contributed by atoms with Gasteiger partial charge in [-0.2, -0.15) is 5.10 Å². The quantitative estimate of drug-likeness (QED) is 0.445. The molecule has 188 valence electrons. The molecule has 0 fully saturated rings. The van der Waals surface area contributed by atoms with Crippen LogP contribution in [0.1, 0.15) is 21.7 Å². The maximum atomic E-state index is 15.2. The predicted molar refractivity (Wildman–Crippen MR) is 137 cm³/mol. The van der Waals surface area contributed by atoms with Crippen LogP contribution in [-0.4, -0.2) is 68.7 Å². The molecular weight excluding hydrogens is 475 g/mol. The lowest BCUT2D eigenvalue weighted by Gasteiger charge is -2.27. The van der Waals surface area contributed by atoms with E-state index in [0.717, 1.165) is 23.1 Å². The first-order valence-electron chi connectivity index (χ1n) is 11.9. The Morgan fingerprint density at radius 1 is 0.973 bits per heavy atom. The van der Waals surface area contributed by atoms with Gasteiger partial charge in [0.2, 0.25) is 5.91 Å². The number of nitrogens with zero attached hydrogens (tertiary/aromatic N) is 6. The van der Waals surface area contributed by atoms with Gasteiger partial charge in [0.25, 0.3) is 5.91 Å². The minimum atomic E-state index is -0.397. The number of carbonyl (C=O) groups excluding carboxylic acids is 2. The van der Waals surface area contributed by atoms with Gasteiger partial charge in [0.05, 0.1) is 12.4 Å². The number of anilines is 3. The van der Waals surface area contributed by atoms with Gasteiger partial charge in [-0.15, -0.1) is 0 Å². The van der Waals surface area contributed by atoms with Crippen LogP contribution in [0.4, 0.5) is 21.7 Å². The summed E-state index contributed by atoms with van der Waals surface area (Å²) in [6.45, 7) is 3.06. The molecule has 0 radical (unpaired) electrons. The lowest BCUT2D eigenvalue weighted by molar-refractivity contribution is -0.130. The number of nitrogens with one attached hydrogen (secondary N) is 2. The summed E-state index contributed by atoms with van der Waals surface area (Å²) in [6.07, 6.45) is 3.88. The number of rotatable bonds is 3. The van der Waals surface area contributed by atoms with Gasteiger partial charge >= 0.3 is 0 Å². The summed E-state index contributed by atoms with van der Waals surface area (Å²) in [5, 5.41) is 12.4. The number of likely N-dealkylation sites (N-methyl/N-ethyl adjacent to an activating group) is 1. The molecule has 2 N–H and O–H groups in total. The summed E-state index contributed by atoms with van der Waals surface area (Å²) in [6, 6.07) is 6.97. The van der Waals surface area contributed by atoms with Crippen molar-refractivity contribution in [3.8, 4) is 11.1 Å². The van der Waals surface area contributed by atoms with E-state index in [-0.39, 0.29) is 18.4 Å². The van der Waals surface area contributed by atoms with Crippen molar-refractivity contribution >= 4 is 39.9 Å². The van der Waals surface area contributed by atoms with Gasteiger partial charge in [-0.05, 0) is 36.1 Å². The zero-order valence-electron chi connectivity index (χ0n) is 20.7. The summed E-state index contributed by atoms with van der Waals surface area (Å²) >= 11 is 0. The van der Waals surface area contributed by atoms with E-state index < -0.39 is 5.82 Å². The zero-order chi connectivity index (χ0) is 25.8. The molecule has 11 heteroatoms. The standard InChI is InChI=1S/C26H25FN8O2/c1-14-19(11-29-25-24(14)30-13-34(3)26(25)37)18-6-15-8-21(28-10-16(15)7-20(18)27)31-22-9-17-4-5-33(2)23(36)12-35(17)32-22/h6-11,30H,4-5,12-13H2,1-3H3,(H,28,31,32). The highest BCUT2D eigenvalue weighted by Gasteiger charge is 2.26. The molecule has 5 heterocycles. The lowest BCUT2D eigenvalue weighted by Crippen LogP contribution is -2.37. The summed E-state index contributed by atoms with van der Waals surface area (Å²) in [4.78, 5) is 36.7. The maximum Gasteiger partial charge on any atom is 0.275 e. The van der Waals surface area contributed by atoms with E-state index in [0.29, 0.717) is 52.7 Å². The van der Waals surface area contributed by atoms with E-state index in [9.17, 15) is 9.59 Å². The van der Waals surface area contributed by atoms with Gasteiger partial charge in [0.15, 0.2) is 11.5 Å². The van der Waals surface area contributed by atoms with Crippen molar-refractivity contribution in [2.24, 2.45) is 0 Å². The van der Waals surface area contributed by atoms with Gasteiger partial charge in [-0.1, -0.05) is 0 Å². The second kappa shape index (κ2) is 8.54. The number of hydrogen-bond donors (Lipinski definition) is 2. The number of carbonyl (C=O) groups is 2. The van der Waals surface area contributed by atoms with Crippen molar-refractivity contribution in [3.05, 3.63) is 59.4 Å². The van der Waals surface area contributed by atoms with E-state index in [1.807, 2.05) is 19.1 Å². The fraction of sp³-hybridized carbons (Fsp3) is 0.269. The van der Waals surface area contributed by atoms with Crippen LogP contribution in [-0.2, 0) is 17.8 Å². The topological polar surface area (TPSA) is 108 Å². The molecule has 0 saturated carbocycles. The molecule has 0 spiro atoms. The Morgan fingerprint density at radius 3 is 2.65 bits per heavy atom. The molecule has 0 atom stereocenters. The highest BCUT2D eigenvalue weighted by atomic mass is 19.1. The molecule has 0 unspecified atom stereocenters. The summed E-state index contributed by atoms with van der Waals surface area (Å²) in [5.74, 6) is 0.600. The molecule has 6 rings (SSSR count). The van der Waals surface area contributed by atoms with Gasteiger partial charge in [-0.25, -0.2) is 14.4 Å². The average molecular weight is 501 g/mol. The molecule has 37 heavy (non-hydrogen) atoms. The molecule has 1 aromatic carbocycles. The van der Waals surface area contributed by atoms with Crippen molar-refractivity contribution in [1.82, 2.24) is 29.5 Å². The van der Waals surface area contributed by atoms with Crippen molar-refractivity contribution < 1.29 is 14.0 Å². The number of benzene rings is 1. The average Bonchev–Trinajstić information content (AvgIpc) is 3.19. The number of amides is 2. The first-order valence-corrected chi connectivity index (χ1v) is 11.9. The predicted octanol–water partition coefficient (Wildman–Crippen LogP) is 3.15. The van der Waals surface area contributed by atoms with Crippen LogP contribution in [0.5, 0.6) is 0 Å². The van der Waals surface area contributed by atoms with Crippen molar-refractivity contribution in [1.29, 1.82) is 0 Å².